The molecule has 1 aromatic heterocycles. The highest BCUT2D eigenvalue weighted by Gasteiger charge is 2.45. The molecule has 3 rings (SSSR count). The first-order chi connectivity index (χ1) is 14.5. The number of ether oxygens (including phenoxy) is 1. The van der Waals surface area contributed by atoms with Gasteiger partial charge in [0.2, 0.25) is 0 Å². The fraction of sp³-hybridized carbons (Fsp3) is 0.542. The van der Waals surface area contributed by atoms with Crippen molar-refractivity contribution in [2.45, 2.75) is 65.7 Å². The van der Waals surface area contributed by atoms with Gasteiger partial charge in [-0.3, -0.25) is 0 Å². The molecule has 0 saturated heterocycles. The maximum Gasteiger partial charge on any atom is 0.338 e. The molecule has 0 fully saturated rings. The van der Waals surface area contributed by atoms with Crippen LogP contribution in [0.5, 0.6) is 0 Å². The third-order valence-corrected chi connectivity index (χ3v) is 7.19. The smallest absolute Gasteiger partial charge is 0.338 e. The second-order valence-electron chi connectivity index (χ2n) is 9.68. The van der Waals surface area contributed by atoms with Crippen LogP contribution in [0.3, 0.4) is 0 Å². The number of aromatic nitrogens is 1. The summed E-state index contributed by atoms with van der Waals surface area (Å²) >= 11 is 1.71. The molecule has 1 heterocycles. The third kappa shape index (κ3) is 4.47. The van der Waals surface area contributed by atoms with Crippen LogP contribution >= 0.6 is 11.3 Å². The van der Waals surface area contributed by atoms with E-state index in [2.05, 4.69) is 51.6 Å². The van der Waals surface area contributed by atoms with Crippen molar-refractivity contribution >= 4 is 33.8 Å². The lowest BCUT2D eigenvalue weighted by Crippen LogP contribution is -2.41. The number of carbonyl (C=O) groups excluding carboxylic acids is 1. The number of hydrogen-bond acceptors (Lipinski definition) is 7. The second kappa shape index (κ2) is 8.61. The molecule has 1 aromatic carbocycles. The number of thiazole rings is 1. The first-order valence-electron chi connectivity index (χ1n) is 10.8. The Kier molecular flexibility index (Phi) is 6.46. The maximum atomic E-state index is 12.0. The monoisotopic (exact) mass is 443 g/mol. The number of oxime groups is 1. The molecule has 31 heavy (non-hydrogen) atoms. The minimum absolute atomic E-state index is 0.153. The molecule has 0 spiro atoms. The Hall–Kier alpha value is -2.41. The van der Waals surface area contributed by atoms with Crippen molar-refractivity contribution in [1.82, 2.24) is 4.98 Å². The number of fused-ring (bicyclic) bond motifs is 1. The first-order valence-corrected chi connectivity index (χ1v) is 11.6. The van der Waals surface area contributed by atoms with Gasteiger partial charge in [0.05, 0.1) is 23.6 Å². The van der Waals surface area contributed by atoms with Crippen LogP contribution in [-0.4, -0.2) is 35.0 Å². The van der Waals surface area contributed by atoms with E-state index in [0.717, 1.165) is 28.8 Å². The zero-order valence-corrected chi connectivity index (χ0v) is 20.3. The molecular weight excluding hydrogens is 410 g/mol. The summed E-state index contributed by atoms with van der Waals surface area (Å²) in [5, 5.41) is 14.2. The first kappa shape index (κ1) is 23.3. The summed E-state index contributed by atoms with van der Waals surface area (Å²) in [4.78, 5) is 20.6. The lowest BCUT2D eigenvalue weighted by molar-refractivity contribution is 0.0526. The van der Waals surface area contributed by atoms with Crippen molar-refractivity contribution in [3.05, 3.63) is 40.4 Å². The van der Waals surface area contributed by atoms with Gasteiger partial charge in [-0.2, -0.15) is 0 Å². The largest absolute Gasteiger partial charge is 0.462 e. The zero-order valence-electron chi connectivity index (χ0n) is 19.5. The lowest BCUT2D eigenvalue weighted by Gasteiger charge is -2.38. The summed E-state index contributed by atoms with van der Waals surface area (Å²) < 4.78 is 5.10. The highest BCUT2D eigenvalue weighted by Crippen LogP contribution is 2.49. The van der Waals surface area contributed by atoms with Crippen molar-refractivity contribution in [3.63, 3.8) is 0 Å². The van der Waals surface area contributed by atoms with Crippen LogP contribution in [0.25, 0.3) is 0 Å². The molecule has 0 unspecified atom stereocenters. The molecule has 7 heteroatoms. The molecule has 0 radical (unpaired) electrons. The highest BCUT2D eigenvalue weighted by atomic mass is 32.1. The maximum absolute atomic E-state index is 12.0. The summed E-state index contributed by atoms with van der Waals surface area (Å²) in [6.07, 6.45) is 0.698. The minimum atomic E-state index is -0.425. The van der Waals surface area contributed by atoms with Gasteiger partial charge in [0.15, 0.2) is 5.13 Å². The molecule has 0 amide bonds. The molecular formula is C24H33N3O3S. The van der Waals surface area contributed by atoms with Crippen LogP contribution in [0.15, 0.2) is 29.4 Å². The minimum Gasteiger partial charge on any atom is -0.462 e. The van der Waals surface area contributed by atoms with Crippen molar-refractivity contribution in [3.8, 4) is 0 Å². The summed E-state index contributed by atoms with van der Waals surface area (Å²) in [6.45, 7) is 15.8. The van der Waals surface area contributed by atoms with E-state index in [1.165, 1.54) is 4.88 Å². The highest BCUT2D eigenvalue weighted by molar-refractivity contribution is 7.16. The Labute approximate surface area is 188 Å². The van der Waals surface area contributed by atoms with Gasteiger partial charge >= 0.3 is 5.97 Å². The van der Waals surface area contributed by atoms with Crippen molar-refractivity contribution in [2.75, 3.05) is 18.1 Å². The SMILES string of the molecule is CCOC(=O)c1ccc(N(CC(C)C)c2nc3c(s2)C(C)(C)C/C(=N/O)C3(C)C)cc1. The zero-order chi connectivity index (χ0) is 23.0. The molecule has 1 aliphatic rings. The van der Waals surface area contributed by atoms with Crippen LogP contribution in [0, 0.1) is 5.92 Å². The molecule has 1 aliphatic carbocycles. The standard InChI is InChI=1S/C24H33N3O3S/c1-8-30-21(28)16-9-11-17(12-10-16)27(14-15(2)3)22-25-19-20(31-22)23(4,5)13-18(26-29)24(19,6)7/h9-12,15,29H,8,13-14H2,1-7H3/b26-18-. The van der Waals surface area contributed by atoms with E-state index in [1.54, 1.807) is 30.4 Å². The van der Waals surface area contributed by atoms with Crippen molar-refractivity contribution in [2.24, 2.45) is 11.1 Å². The van der Waals surface area contributed by atoms with Crippen LogP contribution in [0.2, 0.25) is 0 Å². The van der Waals surface area contributed by atoms with Crippen molar-refractivity contribution in [1.29, 1.82) is 0 Å². The predicted molar refractivity (Wildman–Crippen MR) is 126 cm³/mol. The van der Waals surface area contributed by atoms with Gasteiger partial charge in [-0.15, -0.1) is 11.3 Å². The Balaban J connectivity index is 2.06. The number of benzene rings is 1. The molecule has 168 valence electrons. The quantitative estimate of drug-likeness (QED) is 0.342. The average Bonchev–Trinajstić information content (AvgIpc) is 3.17. The number of esters is 1. The van der Waals surface area contributed by atoms with E-state index in [1.807, 2.05) is 12.1 Å². The van der Waals surface area contributed by atoms with Gasteiger partial charge in [-0.25, -0.2) is 9.78 Å². The Bertz CT molecular complexity index is 974. The van der Waals surface area contributed by atoms with E-state index in [0.29, 0.717) is 24.5 Å². The van der Waals surface area contributed by atoms with Gasteiger partial charge in [0.1, 0.15) is 0 Å². The topological polar surface area (TPSA) is 75.0 Å². The molecule has 0 aliphatic heterocycles. The molecule has 6 nitrogen and oxygen atoms in total. The van der Waals surface area contributed by atoms with Gasteiger partial charge in [-0.1, -0.05) is 32.9 Å². The van der Waals surface area contributed by atoms with Gasteiger partial charge in [-0.05, 0) is 57.4 Å². The number of carbonyl (C=O) groups is 1. The van der Waals surface area contributed by atoms with Crippen molar-refractivity contribution < 1.29 is 14.7 Å². The summed E-state index contributed by atoms with van der Waals surface area (Å²) in [5.41, 5.74) is 2.69. The van der Waals surface area contributed by atoms with Crippen LogP contribution < -0.4 is 4.90 Å². The van der Waals surface area contributed by atoms with E-state index >= 15 is 0 Å². The third-order valence-electron chi connectivity index (χ3n) is 5.74. The van der Waals surface area contributed by atoms with Crippen LogP contribution in [-0.2, 0) is 15.6 Å². The molecule has 0 atom stereocenters. The molecule has 2 aromatic rings. The normalized spacial score (nSPS) is 18.1. The summed E-state index contributed by atoms with van der Waals surface area (Å²) in [7, 11) is 0. The molecule has 1 N–H and O–H groups in total. The van der Waals surface area contributed by atoms with Gasteiger partial charge < -0.3 is 14.8 Å². The van der Waals surface area contributed by atoms with E-state index in [-0.39, 0.29) is 11.4 Å². The Morgan fingerprint density at radius 2 is 1.90 bits per heavy atom. The number of hydrogen-bond donors (Lipinski definition) is 1. The number of rotatable bonds is 6. The van der Waals surface area contributed by atoms with E-state index in [4.69, 9.17) is 9.72 Å². The Morgan fingerprint density at radius 3 is 2.45 bits per heavy atom. The number of anilines is 2. The molecule has 0 bridgehead atoms. The fourth-order valence-corrected chi connectivity index (χ4v) is 5.33. The van der Waals surface area contributed by atoms with Gasteiger partial charge in [0.25, 0.3) is 0 Å². The fourth-order valence-electron chi connectivity index (χ4n) is 3.97. The summed E-state index contributed by atoms with van der Waals surface area (Å²) in [6, 6.07) is 7.51. The van der Waals surface area contributed by atoms with E-state index < -0.39 is 5.41 Å². The Morgan fingerprint density at radius 1 is 1.26 bits per heavy atom. The number of nitrogens with zero attached hydrogens (tertiary/aromatic N) is 3. The van der Waals surface area contributed by atoms with Crippen LogP contribution in [0.4, 0.5) is 10.8 Å². The predicted octanol–water partition coefficient (Wildman–Crippen LogP) is 5.90. The van der Waals surface area contributed by atoms with Crippen LogP contribution in [0.1, 0.15) is 75.8 Å². The van der Waals surface area contributed by atoms with Gasteiger partial charge in [0, 0.05) is 27.9 Å². The second-order valence-corrected chi connectivity index (χ2v) is 10.7. The molecule has 0 saturated carbocycles. The summed E-state index contributed by atoms with van der Waals surface area (Å²) in [5.74, 6) is 0.106. The van der Waals surface area contributed by atoms with E-state index in [9.17, 15) is 10.0 Å². The average molecular weight is 444 g/mol. The lowest BCUT2D eigenvalue weighted by atomic mass is 9.67.